The van der Waals surface area contributed by atoms with Crippen LogP contribution in [0.2, 0.25) is 0 Å². The van der Waals surface area contributed by atoms with E-state index in [1.54, 1.807) is 7.11 Å². The first-order valence-corrected chi connectivity index (χ1v) is 14.1. The van der Waals surface area contributed by atoms with Gasteiger partial charge in [-0.1, -0.05) is 32.6 Å². The Kier molecular flexibility index (Phi) is 11.7. The lowest BCUT2D eigenvalue weighted by molar-refractivity contribution is 0.126. The normalized spacial score (nSPS) is 20.3. The maximum atomic E-state index is 10.3. The first kappa shape index (κ1) is 30.2. The number of hydrogen-bond acceptors (Lipinski definition) is 9. The number of anilines is 1. The number of nitrogens with zero attached hydrogens (tertiary/aromatic N) is 4. The molecule has 2 aliphatic rings. The molecular formula is C29H49N7O2. The first-order valence-electron chi connectivity index (χ1n) is 14.1. The molecule has 0 aliphatic carbocycles. The van der Waals surface area contributed by atoms with Crippen molar-refractivity contribution in [1.29, 1.82) is 0 Å². The van der Waals surface area contributed by atoms with Crippen LogP contribution in [0.25, 0.3) is 0 Å². The van der Waals surface area contributed by atoms with Gasteiger partial charge < -0.3 is 31.1 Å². The molecular weight excluding hydrogens is 478 g/mol. The Morgan fingerprint density at radius 3 is 2.74 bits per heavy atom. The molecule has 9 heteroatoms. The number of aliphatic hydroxyl groups is 1. The van der Waals surface area contributed by atoms with Crippen molar-refractivity contribution in [2.75, 3.05) is 59.1 Å². The van der Waals surface area contributed by atoms with Gasteiger partial charge in [-0.25, -0.2) is 0 Å². The minimum Gasteiger partial charge on any atom is -0.495 e. The van der Waals surface area contributed by atoms with Crippen molar-refractivity contribution in [1.82, 2.24) is 20.5 Å². The van der Waals surface area contributed by atoms with Crippen LogP contribution in [0.4, 0.5) is 5.69 Å². The Morgan fingerprint density at radius 1 is 1.32 bits per heavy atom. The van der Waals surface area contributed by atoms with Crippen LogP contribution in [0.3, 0.4) is 0 Å². The molecule has 3 rings (SSSR count). The lowest BCUT2D eigenvalue weighted by Gasteiger charge is -2.38. The zero-order valence-corrected chi connectivity index (χ0v) is 24.3. The van der Waals surface area contributed by atoms with Gasteiger partial charge in [0.15, 0.2) is 0 Å². The van der Waals surface area contributed by atoms with Crippen LogP contribution in [0.1, 0.15) is 57.6 Å². The number of ether oxygens (including phenoxy) is 1. The van der Waals surface area contributed by atoms with E-state index in [9.17, 15) is 5.11 Å². The molecule has 38 heavy (non-hydrogen) atoms. The van der Waals surface area contributed by atoms with E-state index in [4.69, 9.17) is 15.6 Å². The number of rotatable bonds is 12. The van der Waals surface area contributed by atoms with Crippen LogP contribution in [0.5, 0.6) is 5.75 Å². The standard InChI is InChI=1S/C29H49N7O2/c1-7-25(11-13-31-21(2)3)32-29-18-24-17-28(38-6)22(10-8-9-14-34(4)5)16-26(24)36(33-29)35-15-12-23(19-30)27(35)20-37/h16-17,21,23,25,27,31,37H,7,9,11-15,18-20,30H2,1-6H3,(H,32,33). The SMILES string of the molecule is CCC(CCNC(C)C)NC1=NN(N2CCC(CN)C2CO)c2cc(C#CCCN(C)C)c(OC)cc2C1. The Bertz CT molecular complexity index is 985. The summed E-state index contributed by atoms with van der Waals surface area (Å²) < 4.78 is 5.77. The molecule has 2 heterocycles. The predicted molar refractivity (Wildman–Crippen MR) is 156 cm³/mol. The number of methoxy groups -OCH3 is 1. The average molecular weight is 528 g/mol. The van der Waals surface area contributed by atoms with Gasteiger partial charge in [-0.2, -0.15) is 10.1 Å². The van der Waals surface area contributed by atoms with Gasteiger partial charge in [0, 0.05) is 38.0 Å². The molecule has 5 N–H and O–H groups in total. The second kappa shape index (κ2) is 14.7. The fraction of sp³-hybridized carbons (Fsp3) is 0.690. The summed E-state index contributed by atoms with van der Waals surface area (Å²) in [6, 6.07) is 4.89. The molecule has 0 amide bonds. The Balaban J connectivity index is 1.95. The monoisotopic (exact) mass is 527 g/mol. The topological polar surface area (TPSA) is 102 Å². The quantitative estimate of drug-likeness (QED) is 0.306. The van der Waals surface area contributed by atoms with Crippen LogP contribution < -0.4 is 26.2 Å². The fourth-order valence-corrected chi connectivity index (χ4v) is 5.12. The zero-order chi connectivity index (χ0) is 27.7. The lowest BCUT2D eigenvalue weighted by atomic mass is 10.0. The van der Waals surface area contributed by atoms with E-state index in [0.29, 0.717) is 25.0 Å². The third-order valence-electron chi connectivity index (χ3n) is 7.39. The molecule has 1 fully saturated rings. The van der Waals surface area contributed by atoms with Crippen molar-refractivity contribution in [3.05, 3.63) is 23.3 Å². The number of nitrogens with two attached hydrogens (primary N) is 1. The third-order valence-corrected chi connectivity index (χ3v) is 7.39. The van der Waals surface area contributed by atoms with Crippen molar-refractivity contribution in [2.24, 2.45) is 16.8 Å². The number of hydrazone groups is 1. The molecule has 3 unspecified atom stereocenters. The van der Waals surface area contributed by atoms with Crippen molar-refractivity contribution in [2.45, 2.75) is 71.0 Å². The molecule has 9 nitrogen and oxygen atoms in total. The number of hydrogen-bond donors (Lipinski definition) is 4. The molecule has 1 saturated heterocycles. The van der Waals surface area contributed by atoms with Gasteiger partial charge in [-0.15, -0.1) is 5.10 Å². The lowest BCUT2D eigenvalue weighted by Crippen LogP contribution is -2.50. The molecule has 1 aromatic rings. The van der Waals surface area contributed by atoms with Crippen molar-refractivity contribution < 1.29 is 9.84 Å². The Labute approximate surface area is 229 Å². The number of aliphatic hydroxyl groups excluding tert-OH is 1. The number of amidine groups is 1. The molecule has 0 bridgehead atoms. The summed E-state index contributed by atoms with van der Waals surface area (Å²) in [5.41, 5.74) is 9.03. The van der Waals surface area contributed by atoms with Gasteiger partial charge in [-0.05, 0) is 70.1 Å². The summed E-state index contributed by atoms with van der Waals surface area (Å²) in [7, 11) is 5.80. The highest BCUT2D eigenvalue weighted by atomic mass is 16.5. The van der Waals surface area contributed by atoms with Crippen LogP contribution in [-0.4, -0.2) is 93.0 Å². The highest BCUT2D eigenvalue weighted by Crippen LogP contribution is 2.37. The van der Waals surface area contributed by atoms with E-state index in [0.717, 1.165) is 73.7 Å². The van der Waals surface area contributed by atoms with E-state index < -0.39 is 0 Å². The van der Waals surface area contributed by atoms with Gasteiger partial charge >= 0.3 is 0 Å². The molecule has 0 spiro atoms. The summed E-state index contributed by atoms with van der Waals surface area (Å²) in [6.45, 7) is 9.78. The molecule has 0 saturated carbocycles. The van der Waals surface area contributed by atoms with Crippen molar-refractivity contribution in [3.63, 3.8) is 0 Å². The zero-order valence-electron chi connectivity index (χ0n) is 24.3. The van der Waals surface area contributed by atoms with E-state index in [1.165, 1.54) is 0 Å². The maximum Gasteiger partial charge on any atom is 0.134 e. The van der Waals surface area contributed by atoms with Gasteiger partial charge in [0.1, 0.15) is 11.6 Å². The molecule has 3 atom stereocenters. The molecule has 2 aliphatic heterocycles. The summed E-state index contributed by atoms with van der Waals surface area (Å²) in [5, 5.41) is 26.8. The summed E-state index contributed by atoms with van der Waals surface area (Å²) in [6.07, 6.45) is 4.42. The maximum absolute atomic E-state index is 10.3. The highest BCUT2D eigenvalue weighted by Gasteiger charge is 2.39. The van der Waals surface area contributed by atoms with Gasteiger partial charge in [0.2, 0.25) is 0 Å². The van der Waals surface area contributed by atoms with Gasteiger partial charge in [0.25, 0.3) is 0 Å². The molecule has 1 aromatic carbocycles. The largest absolute Gasteiger partial charge is 0.495 e. The Morgan fingerprint density at radius 2 is 2.11 bits per heavy atom. The highest BCUT2D eigenvalue weighted by molar-refractivity contribution is 5.89. The Hall–Kier alpha value is -2.35. The molecule has 0 radical (unpaired) electrons. The summed E-state index contributed by atoms with van der Waals surface area (Å²) in [4.78, 5) is 2.13. The minimum absolute atomic E-state index is 0.0395. The minimum atomic E-state index is -0.0788. The van der Waals surface area contributed by atoms with Crippen LogP contribution in [0, 0.1) is 17.8 Å². The third kappa shape index (κ3) is 7.84. The second-order valence-corrected chi connectivity index (χ2v) is 10.9. The number of hydrazine groups is 1. The van der Waals surface area contributed by atoms with E-state index in [-0.39, 0.29) is 18.6 Å². The average Bonchev–Trinajstić information content (AvgIpc) is 3.32. The second-order valence-electron chi connectivity index (χ2n) is 10.9. The number of benzene rings is 1. The number of nitrogens with one attached hydrogen (secondary N) is 2. The van der Waals surface area contributed by atoms with E-state index in [1.807, 2.05) is 5.12 Å². The van der Waals surface area contributed by atoms with Crippen LogP contribution in [0.15, 0.2) is 17.2 Å². The van der Waals surface area contributed by atoms with Gasteiger partial charge in [0.05, 0.1) is 31.0 Å². The van der Waals surface area contributed by atoms with Crippen LogP contribution >= 0.6 is 0 Å². The number of fused-ring (bicyclic) bond motifs is 1. The fourth-order valence-electron chi connectivity index (χ4n) is 5.12. The molecule has 0 aromatic heterocycles. The van der Waals surface area contributed by atoms with E-state index >= 15 is 0 Å². The van der Waals surface area contributed by atoms with Gasteiger partial charge in [-0.3, -0.25) is 0 Å². The van der Waals surface area contributed by atoms with Crippen molar-refractivity contribution >= 4 is 11.5 Å². The van der Waals surface area contributed by atoms with Crippen molar-refractivity contribution in [3.8, 4) is 17.6 Å². The molecule has 212 valence electrons. The van der Waals surface area contributed by atoms with E-state index in [2.05, 4.69) is 79.4 Å². The summed E-state index contributed by atoms with van der Waals surface area (Å²) in [5.74, 6) is 8.54. The summed E-state index contributed by atoms with van der Waals surface area (Å²) >= 11 is 0. The predicted octanol–water partition coefficient (Wildman–Crippen LogP) is 1.99. The smallest absolute Gasteiger partial charge is 0.134 e. The first-order chi connectivity index (χ1) is 18.3. The van der Waals surface area contributed by atoms with Crippen LogP contribution in [-0.2, 0) is 6.42 Å².